The van der Waals surface area contributed by atoms with E-state index in [1.54, 1.807) is 0 Å². The number of hydrogen-bond acceptors (Lipinski definition) is 2. The van der Waals surface area contributed by atoms with Gasteiger partial charge in [0.05, 0.1) is 0 Å². The molecule has 0 aromatic heterocycles. The van der Waals surface area contributed by atoms with Crippen LogP contribution >= 0.6 is 0 Å². The number of hydrogen-bond donors (Lipinski definition) is 0. The van der Waals surface area contributed by atoms with Crippen LogP contribution in [0.1, 0.15) is 401 Å². The van der Waals surface area contributed by atoms with Crippen molar-refractivity contribution in [2.45, 2.75) is 437 Å². The van der Waals surface area contributed by atoms with E-state index >= 15 is 0 Å². The molecular formula is C96H160N2. The van der Waals surface area contributed by atoms with Gasteiger partial charge in [-0.2, -0.15) is 0 Å². The zero-order valence-electron chi connectivity index (χ0n) is 65.8. The van der Waals surface area contributed by atoms with E-state index in [4.69, 9.17) is 0 Å². The fourth-order valence-electron chi connectivity index (χ4n) is 28.0. The molecule has 554 valence electrons. The van der Waals surface area contributed by atoms with Crippen molar-refractivity contribution in [3.8, 4) is 0 Å². The van der Waals surface area contributed by atoms with Gasteiger partial charge in [0.15, 0.2) is 0 Å². The van der Waals surface area contributed by atoms with Crippen molar-refractivity contribution in [3.05, 3.63) is 46.6 Å². The molecule has 0 aromatic carbocycles. The first kappa shape index (κ1) is 73.8. The lowest BCUT2D eigenvalue weighted by Gasteiger charge is -2.63. The zero-order chi connectivity index (χ0) is 66.9. The second kappa shape index (κ2) is 36.0. The van der Waals surface area contributed by atoms with Gasteiger partial charge in [0, 0.05) is 36.3 Å². The topological polar surface area (TPSA) is 6.48 Å². The fraction of sp³-hybridized carbons (Fsp3) is 0.917. The second-order valence-electron chi connectivity index (χ2n) is 40.3. The predicted molar refractivity (Wildman–Crippen MR) is 421 cm³/mol. The Labute approximate surface area is 608 Å². The Morgan fingerprint density at radius 1 is 0.204 bits per heavy atom. The molecule has 2 heteroatoms. The second-order valence-corrected chi connectivity index (χ2v) is 40.3. The first-order valence-corrected chi connectivity index (χ1v) is 46.5. The summed E-state index contributed by atoms with van der Waals surface area (Å²) in [5.41, 5.74) is 8.06. The molecule has 14 fully saturated rings. The third-order valence-corrected chi connectivity index (χ3v) is 33.9. The molecule has 0 spiro atoms. The van der Waals surface area contributed by atoms with Crippen molar-refractivity contribution < 1.29 is 0 Å². The third kappa shape index (κ3) is 18.3. The summed E-state index contributed by atoms with van der Waals surface area (Å²) in [6.45, 7) is 16.2. The molecule has 0 bridgehead atoms. The molecule has 0 aromatic rings. The first-order chi connectivity index (χ1) is 48.0. The fourth-order valence-corrected chi connectivity index (χ4v) is 28.0. The highest BCUT2D eigenvalue weighted by atomic mass is 15.3. The highest BCUT2D eigenvalue weighted by Gasteiger charge is 2.56. The average molecular weight is 1340 g/mol. The van der Waals surface area contributed by atoms with E-state index in [2.05, 4.69) is 75.6 Å². The summed E-state index contributed by atoms with van der Waals surface area (Å²) in [6.07, 6.45) is 95.7. The van der Waals surface area contributed by atoms with Gasteiger partial charge in [-0.3, -0.25) is 9.80 Å². The third-order valence-electron chi connectivity index (χ3n) is 33.9. The van der Waals surface area contributed by atoms with Crippen molar-refractivity contribution in [2.75, 3.05) is 0 Å². The van der Waals surface area contributed by atoms with Gasteiger partial charge in [-0.05, 0) is 337 Å². The summed E-state index contributed by atoms with van der Waals surface area (Å²) in [5.74, 6) is 17.6. The van der Waals surface area contributed by atoms with E-state index < -0.39 is 0 Å². The van der Waals surface area contributed by atoms with Crippen LogP contribution in [0.15, 0.2) is 46.6 Å². The van der Waals surface area contributed by atoms with Crippen LogP contribution in [0, 0.1) is 118 Å². The van der Waals surface area contributed by atoms with Crippen molar-refractivity contribution in [3.63, 3.8) is 0 Å². The maximum atomic E-state index is 3.57. The maximum Gasteiger partial charge on any atom is 0.0161 e. The molecule has 98 heavy (non-hydrogen) atoms. The summed E-state index contributed by atoms with van der Waals surface area (Å²) in [5, 5.41) is 0. The molecule has 0 amide bonds. The Morgan fingerprint density at radius 2 is 0.439 bits per heavy atom. The van der Waals surface area contributed by atoms with Crippen LogP contribution in [0.3, 0.4) is 0 Å². The number of nitrogens with zero attached hydrogens (tertiary/aromatic N) is 2. The summed E-state index contributed by atoms with van der Waals surface area (Å²) >= 11 is 0. The van der Waals surface area contributed by atoms with E-state index in [1.165, 1.54) is 360 Å². The summed E-state index contributed by atoms with van der Waals surface area (Å²) in [4.78, 5) is 7.14. The van der Waals surface area contributed by atoms with E-state index in [-0.39, 0.29) is 0 Å². The Bertz CT molecular complexity index is 2390. The van der Waals surface area contributed by atoms with Crippen LogP contribution in [-0.4, -0.2) is 46.1 Å². The van der Waals surface area contributed by atoms with Gasteiger partial charge < -0.3 is 0 Å². The molecular weight excluding hydrogens is 1180 g/mol. The molecule has 8 unspecified atom stereocenters. The predicted octanol–water partition coefficient (Wildman–Crippen LogP) is 28.0. The highest BCUT2D eigenvalue weighted by Crippen LogP contribution is 2.56. The van der Waals surface area contributed by atoms with Gasteiger partial charge in [-0.25, -0.2) is 0 Å². The van der Waals surface area contributed by atoms with Crippen LogP contribution in [-0.2, 0) is 0 Å². The smallest absolute Gasteiger partial charge is 0.0161 e. The number of rotatable bonds is 18. The molecule has 14 aliphatic rings. The molecule has 0 radical (unpaired) electrons. The van der Waals surface area contributed by atoms with Crippen LogP contribution in [0.2, 0.25) is 0 Å². The summed E-state index contributed by atoms with van der Waals surface area (Å²) < 4.78 is 0. The SMILES string of the molecule is CC1CCC(/C(=C/C2CCC(N(C3CCC(/C=C(\C4CCCCC4)C4CCC(C)CC4)CC3)C3C(C)C(C)C(N(C4CCC(/C=C(\C5CCCCC5)C5CCC(C)CC5)CC4)C4CCC(/C=C(\C5CCCCC5)C5CCCC(C)C5)CC4)C4CCCCC43)CC2)C2CCCCC2)CC1. The van der Waals surface area contributed by atoms with Crippen LogP contribution in [0.4, 0.5) is 0 Å². The van der Waals surface area contributed by atoms with E-state index in [0.29, 0.717) is 0 Å². The van der Waals surface area contributed by atoms with E-state index in [9.17, 15) is 0 Å². The normalized spacial score (nSPS) is 43.0. The molecule has 14 rings (SSSR count). The highest BCUT2D eigenvalue weighted by molar-refractivity contribution is 5.21. The van der Waals surface area contributed by atoms with Crippen LogP contribution in [0.5, 0.6) is 0 Å². The zero-order valence-corrected chi connectivity index (χ0v) is 65.8. The lowest BCUT2D eigenvalue weighted by Crippen LogP contribution is -2.67. The van der Waals surface area contributed by atoms with Crippen LogP contribution < -0.4 is 0 Å². The van der Waals surface area contributed by atoms with Gasteiger partial charge in [-0.1, -0.05) is 229 Å². The largest absolute Gasteiger partial charge is 0.294 e. The van der Waals surface area contributed by atoms with Crippen LogP contribution in [0.25, 0.3) is 0 Å². The first-order valence-electron chi connectivity index (χ1n) is 46.5. The summed E-state index contributed by atoms with van der Waals surface area (Å²) in [7, 11) is 0. The molecule has 14 aliphatic carbocycles. The minimum absolute atomic E-state index is 0.765. The molecule has 8 atom stereocenters. The van der Waals surface area contributed by atoms with Crippen molar-refractivity contribution in [2.24, 2.45) is 118 Å². The van der Waals surface area contributed by atoms with E-state index in [1.807, 2.05) is 22.3 Å². The minimum Gasteiger partial charge on any atom is -0.294 e. The standard InChI is InChI=1S/C96H160N2/c1-67-34-48-81(49-35-67)91(77-23-11-7-12-24-77)63-73-40-54-85(55-41-73)97(86-56-42-74(43-57-86)64-92(78-25-13-8-14-26-78)82-50-36-68(2)37-51-82)95-71(5)72(6)96(90-33-20-19-32-89(90)95)98(87-58-44-75(45-59-87)65-93(79-27-15-9-16-28-79)83-52-38-69(3)39-53-83)88-60-46-76(47-61-88)66-94(80-29-17-10-18-30-80)84-31-21-22-70(4)62-84/h63-90,95-96H,7-62H2,1-6H3/b91-63+,92-64+,93-65+,94-66+. The monoisotopic (exact) mass is 1340 g/mol. The molecule has 0 heterocycles. The Morgan fingerprint density at radius 3 is 0.704 bits per heavy atom. The molecule has 0 aliphatic heterocycles. The quantitative estimate of drug-likeness (QED) is 0.126. The average Bonchev–Trinajstić information content (AvgIpc) is 0.734. The molecule has 2 nitrogen and oxygen atoms in total. The maximum absolute atomic E-state index is 3.57. The molecule has 0 saturated heterocycles. The van der Waals surface area contributed by atoms with Crippen molar-refractivity contribution >= 4 is 0 Å². The van der Waals surface area contributed by atoms with Gasteiger partial charge in [0.1, 0.15) is 0 Å². The molecule has 14 saturated carbocycles. The Balaban J connectivity index is 0.756. The lowest BCUT2D eigenvalue weighted by molar-refractivity contribution is -0.132. The Hall–Kier alpha value is -1.12. The van der Waals surface area contributed by atoms with E-state index in [0.717, 1.165) is 155 Å². The van der Waals surface area contributed by atoms with Gasteiger partial charge in [-0.15, -0.1) is 0 Å². The minimum atomic E-state index is 0.765. The number of allylic oxidation sites excluding steroid dienone is 8. The van der Waals surface area contributed by atoms with Crippen molar-refractivity contribution in [1.82, 2.24) is 9.80 Å². The van der Waals surface area contributed by atoms with Gasteiger partial charge in [0.2, 0.25) is 0 Å². The van der Waals surface area contributed by atoms with Gasteiger partial charge in [0.25, 0.3) is 0 Å². The summed E-state index contributed by atoms with van der Waals surface area (Å²) in [6, 6.07) is 4.71. The van der Waals surface area contributed by atoms with Gasteiger partial charge >= 0.3 is 0 Å². The Kier molecular flexibility index (Phi) is 27.1. The van der Waals surface area contributed by atoms with Crippen molar-refractivity contribution in [1.29, 1.82) is 0 Å². The molecule has 0 N–H and O–H groups in total. The lowest BCUT2D eigenvalue weighted by atomic mass is 9.57. The number of fused-ring (bicyclic) bond motifs is 1.